The number of benzene rings is 1. The number of carbonyl (C=O) groups is 2. The van der Waals surface area contributed by atoms with Crippen LogP contribution in [0.4, 0.5) is 10.1 Å². The summed E-state index contributed by atoms with van der Waals surface area (Å²) in [4.78, 5) is 22.1. The van der Waals surface area contributed by atoms with Crippen molar-refractivity contribution in [3.05, 3.63) is 29.6 Å². The van der Waals surface area contributed by atoms with Gasteiger partial charge in [-0.25, -0.2) is 17.6 Å². The van der Waals surface area contributed by atoms with Gasteiger partial charge < -0.3 is 10.4 Å². The maximum atomic E-state index is 13.4. The SMILES string of the molecule is CCS(=O)(=O)CC(=O)Nc1cc(C(=O)O)ccc1F. The van der Waals surface area contributed by atoms with Crippen LogP contribution in [0.3, 0.4) is 0 Å². The number of anilines is 1. The van der Waals surface area contributed by atoms with E-state index >= 15 is 0 Å². The molecule has 0 spiro atoms. The molecule has 6 nitrogen and oxygen atoms in total. The highest BCUT2D eigenvalue weighted by Gasteiger charge is 2.16. The summed E-state index contributed by atoms with van der Waals surface area (Å²) in [6.45, 7) is 1.38. The lowest BCUT2D eigenvalue weighted by molar-refractivity contribution is -0.113. The minimum absolute atomic E-state index is 0.210. The quantitative estimate of drug-likeness (QED) is 0.838. The molecule has 1 aromatic carbocycles. The third-order valence-corrected chi connectivity index (χ3v) is 3.86. The first kappa shape index (κ1) is 15.1. The molecule has 0 fully saturated rings. The summed E-state index contributed by atoms with van der Waals surface area (Å²) in [7, 11) is -3.53. The Morgan fingerprint density at radius 3 is 2.53 bits per heavy atom. The van der Waals surface area contributed by atoms with Crippen molar-refractivity contribution in [2.24, 2.45) is 0 Å². The largest absolute Gasteiger partial charge is 0.478 e. The van der Waals surface area contributed by atoms with Gasteiger partial charge in [-0.1, -0.05) is 6.92 Å². The lowest BCUT2D eigenvalue weighted by atomic mass is 10.2. The molecule has 0 saturated heterocycles. The molecular formula is C11H12FNO5S. The predicted molar refractivity (Wildman–Crippen MR) is 66.3 cm³/mol. The van der Waals surface area contributed by atoms with E-state index in [9.17, 15) is 22.4 Å². The van der Waals surface area contributed by atoms with Gasteiger partial charge in [-0.3, -0.25) is 4.79 Å². The monoisotopic (exact) mass is 289 g/mol. The molecule has 0 atom stereocenters. The highest BCUT2D eigenvalue weighted by molar-refractivity contribution is 7.92. The van der Waals surface area contributed by atoms with Crippen molar-refractivity contribution in [2.75, 3.05) is 16.8 Å². The zero-order chi connectivity index (χ0) is 14.6. The number of sulfone groups is 1. The minimum Gasteiger partial charge on any atom is -0.478 e. The summed E-state index contributed by atoms with van der Waals surface area (Å²) >= 11 is 0. The zero-order valence-electron chi connectivity index (χ0n) is 10.0. The van der Waals surface area contributed by atoms with Gasteiger partial charge in [0.15, 0.2) is 9.84 Å². The number of rotatable bonds is 5. The molecule has 19 heavy (non-hydrogen) atoms. The Bertz CT molecular complexity index is 612. The molecule has 0 unspecified atom stereocenters. The number of halogens is 1. The molecule has 104 valence electrons. The van der Waals surface area contributed by atoms with E-state index in [4.69, 9.17) is 5.11 Å². The molecule has 0 heterocycles. The number of hydrogen-bond donors (Lipinski definition) is 2. The van der Waals surface area contributed by atoms with Gasteiger partial charge in [0.2, 0.25) is 5.91 Å². The van der Waals surface area contributed by atoms with E-state index in [1.807, 2.05) is 5.32 Å². The number of aromatic carboxylic acids is 1. The third kappa shape index (κ3) is 4.32. The topological polar surface area (TPSA) is 101 Å². The van der Waals surface area contributed by atoms with Crippen molar-refractivity contribution in [3.63, 3.8) is 0 Å². The van der Waals surface area contributed by atoms with Crippen LogP contribution in [0.1, 0.15) is 17.3 Å². The first-order chi connectivity index (χ1) is 8.75. The van der Waals surface area contributed by atoms with Gasteiger partial charge in [0.25, 0.3) is 0 Å². The highest BCUT2D eigenvalue weighted by atomic mass is 32.2. The lowest BCUT2D eigenvalue weighted by Gasteiger charge is -2.07. The van der Waals surface area contributed by atoms with Crippen molar-refractivity contribution in [2.45, 2.75) is 6.92 Å². The molecule has 2 N–H and O–H groups in total. The number of carbonyl (C=O) groups excluding carboxylic acids is 1. The van der Waals surface area contributed by atoms with E-state index in [-0.39, 0.29) is 17.0 Å². The molecule has 0 aromatic heterocycles. The van der Waals surface area contributed by atoms with Gasteiger partial charge >= 0.3 is 5.97 Å². The fraction of sp³-hybridized carbons (Fsp3) is 0.273. The average molecular weight is 289 g/mol. The van der Waals surface area contributed by atoms with E-state index in [0.29, 0.717) is 0 Å². The van der Waals surface area contributed by atoms with E-state index in [1.54, 1.807) is 0 Å². The van der Waals surface area contributed by atoms with Crippen LogP contribution in [0, 0.1) is 5.82 Å². The number of nitrogens with one attached hydrogen (secondary N) is 1. The van der Waals surface area contributed by atoms with Crippen LogP contribution in [0.25, 0.3) is 0 Å². The summed E-state index contributed by atoms with van der Waals surface area (Å²) in [6.07, 6.45) is 0. The summed E-state index contributed by atoms with van der Waals surface area (Å²) in [6, 6.07) is 2.84. The lowest BCUT2D eigenvalue weighted by Crippen LogP contribution is -2.24. The summed E-state index contributed by atoms with van der Waals surface area (Å²) in [5.41, 5.74) is -0.578. The van der Waals surface area contributed by atoms with Crippen LogP contribution < -0.4 is 5.32 Å². The number of carboxylic acids is 1. The smallest absolute Gasteiger partial charge is 0.335 e. The van der Waals surface area contributed by atoms with Crippen molar-refractivity contribution >= 4 is 27.4 Å². The molecule has 0 aliphatic rings. The molecule has 1 amide bonds. The van der Waals surface area contributed by atoms with Gasteiger partial charge in [0.1, 0.15) is 11.6 Å². The van der Waals surface area contributed by atoms with E-state index in [1.165, 1.54) is 6.92 Å². The Hall–Kier alpha value is -1.96. The predicted octanol–water partition coefficient (Wildman–Crippen LogP) is 0.897. The van der Waals surface area contributed by atoms with E-state index < -0.39 is 33.3 Å². The van der Waals surface area contributed by atoms with Crippen LogP contribution >= 0.6 is 0 Å². The van der Waals surface area contributed by atoms with Crippen molar-refractivity contribution < 1.29 is 27.5 Å². The maximum absolute atomic E-state index is 13.4. The van der Waals surface area contributed by atoms with Gasteiger partial charge in [0, 0.05) is 5.75 Å². The van der Waals surface area contributed by atoms with E-state index in [0.717, 1.165) is 18.2 Å². The van der Waals surface area contributed by atoms with Crippen LogP contribution in [-0.4, -0.2) is 36.9 Å². The van der Waals surface area contributed by atoms with Gasteiger partial charge in [-0.05, 0) is 18.2 Å². The molecule has 0 bridgehead atoms. The molecule has 0 saturated carbocycles. The minimum atomic E-state index is -3.53. The Morgan fingerprint density at radius 2 is 2.00 bits per heavy atom. The number of hydrogen-bond acceptors (Lipinski definition) is 4. The Balaban J connectivity index is 2.90. The number of carboxylic acid groups (broad SMARTS) is 1. The molecule has 1 aromatic rings. The normalized spacial score (nSPS) is 11.1. The zero-order valence-corrected chi connectivity index (χ0v) is 10.8. The van der Waals surface area contributed by atoms with Crippen LogP contribution in [-0.2, 0) is 14.6 Å². The summed E-state index contributed by atoms with van der Waals surface area (Å²) in [5.74, 6) is -4.02. The molecule has 0 radical (unpaired) electrons. The molecule has 1 rings (SSSR count). The van der Waals surface area contributed by atoms with Gasteiger partial charge in [-0.2, -0.15) is 0 Å². The second-order valence-electron chi connectivity index (χ2n) is 3.72. The number of amides is 1. The maximum Gasteiger partial charge on any atom is 0.335 e. The van der Waals surface area contributed by atoms with Crippen LogP contribution in [0.15, 0.2) is 18.2 Å². The molecular weight excluding hydrogens is 277 g/mol. The van der Waals surface area contributed by atoms with Crippen LogP contribution in [0.2, 0.25) is 0 Å². The van der Waals surface area contributed by atoms with Crippen molar-refractivity contribution in [1.29, 1.82) is 0 Å². The second kappa shape index (κ2) is 5.79. The second-order valence-corrected chi connectivity index (χ2v) is 6.08. The summed E-state index contributed by atoms with van der Waals surface area (Å²) < 4.78 is 35.8. The molecule has 0 aliphatic heterocycles. The fourth-order valence-electron chi connectivity index (χ4n) is 1.24. The van der Waals surface area contributed by atoms with Crippen molar-refractivity contribution in [3.8, 4) is 0 Å². The Labute approximate surface area is 109 Å². The Morgan fingerprint density at radius 1 is 1.37 bits per heavy atom. The standard InChI is InChI=1S/C11H12FNO5S/c1-2-19(17,18)6-10(14)13-9-5-7(11(15)16)3-4-8(9)12/h3-5H,2,6H2,1H3,(H,13,14)(H,15,16). The first-order valence-corrected chi connectivity index (χ1v) is 7.10. The van der Waals surface area contributed by atoms with Gasteiger partial charge in [0.05, 0.1) is 11.3 Å². The van der Waals surface area contributed by atoms with Crippen LogP contribution in [0.5, 0.6) is 0 Å². The summed E-state index contributed by atoms with van der Waals surface area (Å²) in [5, 5.41) is 10.8. The average Bonchev–Trinajstić information content (AvgIpc) is 2.31. The van der Waals surface area contributed by atoms with Gasteiger partial charge in [-0.15, -0.1) is 0 Å². The molecule has 8 heteroatoms. The fourth-order valence-corrected chi connectivity index (χ4v) is 1.92. The first-order valence-electron chi connectivity index (χ1n) is 5.28. The highest BCUT2D eigenvalue weighted by Crippen LogP contribution is 2.16. The third-order valence-electron chi connectivity index (χ3n) is 2.28. The van der Waals surface area contributed by atoms with E-state index in [2.05, 4.69) is 0 Å². The van der Waals surface area contributed by atoms with Crippen molar-refractivity contribution in [1.82, 2.24) is 0 Å². The Kier molecular flexibility index (Phi) is 4.60. The molecule has 0 aliphatic carbocycles.